The van der Waals surface area contributed by atoms with E-state index in [9.17, 15) is 4.79 Å². The number of hydrogen-bond donors (Lipinski definition) is 2. The zero-order valence-electron chi connectivity index (χ0n) is 6.91. The van der Waals surface area contributed by atoms with E-state index in [0.29, 0.717) is 15.1 Å². The summed E-state index contributed by atoms with van der Waals surface area (Å²) < 4.78 is 0.642. The predicted molar refractivity (Wildman–Crippen MR) is 61.0 cm³/mol. The second kappa shape index (κ2) is 5.56. The summed E-state index contributed by atoms with van der Waals surface area (Å²) in [6.07, 6.45) is 0. The van der Waals surface area contributed by atoms with E-state index >= 15 is 0 Å². The van der Waals surface area contributed by atoms with Crippen molar-refractivity contribution < 1.29 is 9.90 Å². The Morgan fingerprint density at radius 3 is 2.57 bits per heavy atom. The number of rotatable bonds is 2. The molecule has 0 radical (unpaired) electrons. The predicted octanol–water partition coefficient (Wildman–Crippen LogP) is 2.61. The van der Waals surface area contributed by atoms with Crippen molar-refractivity contribution in [2.24, 2.45) is 5.73 Å². The third-order valence-electron chi connectivity index (χ3n) is 1.57. The zero-order valence-corrected chi connectivity index (χ0v) is 10.1. The summed E-state index contributed by atoms with van der Waals surface area (Å²) in [4.78, 5) is 10.5. The molecule has 1 aromatic carbocycles. The molecule has 78 valence electrons. The third kappa shape index (κ3) is 3.13. The van der Waals surface area contributed by atoms with Crippen LogP contribution in [0.1, 0.15) is 11.6 Å². The maximum Gasteiger partial charge on any atom is 0.325 e. The van der Waals surface area contributed by atoms with Crippen molar-refractivity contribution in [3.05, 3.63) is 33.3 Å². The number of hydrogen-bond acceptors (Lipinski definition) is 2. The highest BCUT2D eigenvalue weighted by molar-refractivity contribution is 9.10. The van der Waals surface area contributed by atoms with Crippen LogP contribution in [0.5, 0.6) is 0 Å². The molecule has 1 aromatic rings. The molecule has 0 aliphatic carbocycles. The molecule has 1 unspecified atom stereocenters. The summed E-state index contributed by atoms with van der Waals surface area (Å²) in [6, 6.07) is 3.78. The first kappa shape index (κ1) is 13.7. The maximum absolute atomic E-state index is 10.5. The minimum atomic E-state index is -1.06. The quantitative estimate of drug-likeness (QED) is 0.882. The highest BCUT2D eigenvalue weighted by atomic mass is 79.9. The van der Waals surface area contributed by atoms with E-state index in [1.165, 1.54) is 0 Å². The molecule has 0 aliphatic heterocycles. The van der Waals surface area contributed by atoms with Gasteiger partial charge in [0.05, 0.1) is 5.02 Å². The smallest absolute Gasteiger partial charge is 0.325 e. The molecule has 0 saturated heterocycles. The summed E-state index contributed by atoms with van der Waals surface area (Å²) in [5.74, 6) is -1.06. The molecule has 6 heteroatoms. The minimum Gasteiger partial charge on any atom is -0.480 e. The number of benzene rings is 1. The van der Waals surface area contributed by atoms with Crippen LogP contribution in [0.4, 0.5) is 0 Å². The fourth-order valence-corrected chi connectivity index (χ4v) is 1.36. The molecule has 0 amide bonds. The van der Waals surface area contributed by atoms with E-state index in [4.69, 9.17) is 22.4 Å². The van der Waals surface area contributed by atoms with Gasteiger partial charge in [-0.1, -0.05) is 17.7 Å². The molecule has 0 bridgehead atoms. The Labute approximate surface area is 101 Å². The van der Waals surface area contributed by atoms with Crippen LogP contribution in [-0.2, 0) is 4.79 Å². The standard InChI is InChI=1S/C8H7BrClNO2.ClH/c9-5-3-4(1-2-6(5)10)7(11)8(12)13;/h1-3,7H,11H2,(H,12,13);1H. The Morgan fingerprint density at radius 1 is 1.57 bits per heavy atom. The summed E-state index contributed by atoms with van der Waals surface area (Å²) in [5.41, 5.74) is 5.91. The zero-order chi connectivity index (χ0) is 10.0. The van der Waals surface area contributed by atoms with Gasteiger partial charge in [-0.05, 0) is 33.6 Å². The Morgan fingerprint density at radius 2 is 2.14 bits per heavy atom. The van der Waals surface area contributed by atoms with E-state index in [1.807, 2.05) is 0 Å². The van der Waals surface area contributed by atoms with Crippen molar-refractivity contribution in [2.45, 2.75) is 6.04 Å². The lowest BCUT2D eigenvalue weighted by Crippen LogP contribution is -2.20. The first-order valence-electron chi connectivity index (χ1n) is 3.45. The highest BCUT2D eigenvalue weighted by Gasteiger charge is 2.14. The van der Waals surface area contributed by atoms with Crippen molar-refractivity contribution in [1.29, 1.82) is 0 Å². The monoisotopic (exact) mass is 299 g/mol. The molecule has 0 heterocycles. The van der Waals surface area contributed by atoms with Gasteiger partial charge >= 0.3 is 5.97 Å². The third-order valence-corrected chi connectivity index (χ3v) is 2.78. The second-order valence-electron chi connectivity index (χ2n) is 2.49. The van der Waals surface area contributed by atoms with Crippen LogP contribution in [0.15, 0.2) is 22.7 Å². The molecule has 0 saturated carbocycles. The van der Waals surface area contributed by atoms with Crippen LogP contribution in [0, 0.1) is 0 Å². The Bertz CT molecular complexity index is 346. The molecule has 0 aliphatic rings. The van der Waals surface area contributed by atoms with Crippen LogP contribution in [0.2, 0.25) is 5.02 Å². The molecule has 0 fully saturated rings. The van der Waals surface area contributed by atoms with E-state index in [0.717, 1.165) is 0 Å². The van der Waals surface area contributed by atoms with Crippen molar-refractivity contribution in [1.82, 2.24) is 0 Å². The van der Waals surface area contributed by atoms with Crippen LogP contribution in [0.3, 0.4) is 0 Å². The Kier molecular flexibility index (Phi) is 5.44. The SMILES string of the molecule is Cl.NC(C(=O)O)c1ccc(Cl)c(Br)c1. The largest absolute Gasteiger partial charge is 0.480 e. The number of nitrogens with two attached hydrogens (primary N) is 1. The Hall–Kier alpha value is -0.290. The number of carboxylic acids is 1. The van der Waals surface area contributed by atoms with E-state index in [1.54, 1.807) is 18.2 Å². The lowest BCUT2D eigenvalue weighted by atomic mass is 10.1. The average Bonchev–Trinajstić information content (AvgIpc) is 2.08. The normalized spacial score (nSPS) is 11.6. The number of carboxylic acid groups (broad SMARTS) is 1. The summed E-state index contributed by atoms with van der Waals surface area (Å²) in [6.45, 7) is 0. The van der Waals surface area contributed by atoms with E-state index in [-0.39, 0.29) is 12.4 Å². The molecule has 0 spiro atoms. The van der Waals surface area contributed by atoms with Gasteiger partial charge < -0.3 is 10.8 Å². The lowest BCUT2D eigenvalue weighted by Gasteiger charge is -2.07. The first-order valence-corrected chi connectivity index (χ1v) is 4.63. The van der Waals surface area contributed by atoms with Gasteiger partial charge in [-0.15, -0.1) is 12.4 Å². The van der Waals surface area contributed by atoms with Crippen molar-refractivity contribution >= 4 is 45.9 Å². The van der Waals surface area contributed by atoms with Gasteiger partial charge in [-0.25, -0.2) is 0 Å². The molecule has 1 rings (SSSR count). The van der Waals surface area contributed by atoms with Crippen molar-refractivity contribution in [3.63, 3.8) is 0 Å². The molecular weight excluding hydrogens is 293 g/mol. The number of aliphatic carboxylic acids is 1. The topological polar surface area (TPSA) is 63.3 Å². The maximum atomic E-state index is 10.5. The van der Waals surface area contributed by atoms with Crippen LogP contribution >= 0.6 is 39.9 Å². The molecule has 3 nitrogen and oxygen atoms in total. The first-order chi connectivity index (χ1) is 6.02. The van der Waals surface area contributed by atoms with Gasteiger partial charge in [0.15, 0.2) is 0 Å². The molecular formula is C8H8BrCl2NO2. The molecule has 1 atom stereocenters. The average molecular weight is 301 g/mol. The van der Waals surface area contributed by atoms with Gasteiger partial charge in [0, 0.05) is 4.47 Å². The Balaban J connectivity index is 0.00000169. The van der Waals surface area contributed by atoms with Crippen LogP contribution < -0.4 is 5.73 Å². The van der Waals surface area contributed by atoms with Crippen molar-refractivity contribution in [2.75, 3.05) is 0 Å². The second-order valence-corrected chi connectivity index (χ2v) is 3.75. The summed E-state index contributed by atoms with van der Waals surface area (Å²) >= 11 is 8.91. The number of carbonyl (C=O) groups is 1. The van der Waals surface area contributed by atoms with Gasteiger partial charge in [-0.2, -0.15) is 0 Å². The van der Waals surface area contributed by atoms with E-state index in [2.05, 4.69) is 15.9 Å². The van der Waals surface area contributed by atoms with Crippen LogP contribution in [-0.4, -0.2) is 11.1 Å². The van der Waals surface area contributed by atoms with Crippen molar-refractivity contribution in [3.8, 4) is 0 Å². The molecule has 14 heavy (non-hydrogen) atoms. The van der Waals surface area contributed by atoms with Gasteiger partial charge in [0.2, 0.25) is 0 Å². The van der Waals surface area contributed by atoms with Gasteiger partial charge in [0.1, 0.15) is 6.04 Å². The molecule has 3 N–H and O–H groups in total. The minimum absolute atomic E-state index is 0. The fourth-order valence-electron chi connectivity index (χ4n) is 0.848. The highest BCUT2D eigenvalue weighted by Crippen LogP contribution is 2.25. The van der Waals surface area contributed by atoms with Crippen LogP contribution in [0.25, 0.3) is 0 Å². The fraction of sp³-hybridized carbons (Fsp3) is 0.125. The number of halogens is 3. The van der Waals surface area contributed by atoms with E-state index < -0.39 is 12.0 Å². The van der Waals surface area contributed by atoms with Gasteiger partial charge in [0.25, 0.3) is 0 Å². The lowest BCUT2D eigenvalue weighted by molar-refractivity contribution is -0.138. The summed E-state index contributed by atoms with van der Waals surface area (Å²) in [5, 5.41) is 9.15. The molecule has 0 aromatic heterocycles. The van der Waals surface area contributed by atoms with Gasteiger partial charge in [-0.3, -0.25) is 4.79 Å². The summed E-state index contributed by atoms with van der Waals surface area (Å²) in [7, 11) is 0.